The Kier molecular flexibility index (Phi) is 8.28. The van der Waals surface area contributed by atoms with Crippen molar-refractivity contribution >= 4 is 84.3 Å². The lowest BCUT2D eigenvalue weighted by molar-refractivity contribution is 0.477. The van der Waals surface area contributed by atoms with Gasteiger partial charge in [-0.3, -0.25) is 0 Å². The Morgan fingerprint density at radius 2 is 1.47 bits per heavy atom. The van der Waals surface area contributed by atoms with E-state index < -0.39 is 0 Å². The van der Waals surface area contributed by atoms with Crippen LogP contribution < -0.4 is 4.90 Å². The number of aromatic hydroxyl groups is 1. The standard InChI is InChI=1S/C18H19N13OS4/c1-6-33-18-28-27-17(34-18)26-22-11-7-10(21-24-15-19-8(2)29-35-15)13(31(4)5)12(14(11)32)23-25-16-20-9(3)30-36-16/h7,32H,6H2,1-5H3/b24-21+,25-23+,26-22+. The average molecular weight is 562 g/mol. The highest BCUT2D eigenvalue weighted by atomic mass is 32.2. The monoisotopic (exact) mass is 561 g/mol. The van der Waals surface area contributed by atoms with Crippen molar-refractivity contribution in [1.29, 1.82) is 0 Å². The van der Waals surface area contributed by atoms with Crippen molar-refractivity contribution in [2.75, 3.05) is 24.7 Å². The fourth-order valence-electron chi connectivity index (χ4n) is 2.67. The Labute approximate surface area is 221 Å². The van der Waals surface area contributed by atoms with E-state index in [0.29, 0.717) is 38.4 Å². The van der Waals surface area contributed by atoms with E-state index >= 15 is 0 Å². The van der Waals surface area contributed by atoms with Crippen LogP contribution in [0.3, 0.4) is 0 Å². The van der Waals surface area contributed by atoms with Crippen LogP contribution in [0.1, 0.15) is 18.6 Å². The van der Waals surface area contributed by atoms with E-state index in [1.165, 1.54) is 11.3 Å². The van der Waals surface area contributed by atoms with E-state index in [0.717, 1.165) is 33.2 Å². The number of hydrogen-bond donors (Lipinski definition) is 1. The summed E-state index contributed by atoms with van der Waals surface area (Å²) in [5.41, 5.74) is 1.04. The molecule has 0 saturated carbocycles. The molecule has 4 rings (SSSR count). The number of thioether (sulfide) groups is 1. The Morgan fingerprint density at radius 1 is 0.861 bits per heavy atom. The molecule has 36 heavy (non-hydrogen) atoms. The predicted octanol–water partition coefficient (Wildman–Crippen LogP) is 6.99. The van der Waals surface area contributed by atoms with Crippen LogP contribution >= 0.6 is 46.2 Å². The van der Waals surface area contributed by atoms with E-state index in [4.69, 9.17) is 0 Å². The molecule has 0 aliphatic heterocycles. The summed E-state index contributed by atoms with van der Waals surface area (Å²) in [5, 5.41) is 45.5. The topological polar surface area (TPSA) is 175 Å². The van der Waals surface area contributed by atoms with E-state index in [2.05, 4.69) is 59.6 Å². The Morgan fingerprint density at radius 3 is 2.06 bits per heavy atom. The molecule has 0 saturated heterocycles. The summed E-state index contributed by atoms with van der Waals surface area (Å²) in [6.07, 6.45) is 0. The average Bonchev–Trinajstić information content (AvgIpc) is 3.58. The molecule has 0 bridgehead atoms. The zero-order chi connectivity index (χ0) is 25.7. The van der Waals surface area contributed by atoms with Gasteiger partial charge in [0.2, 0.25) is 10.3 Å². The number of phenolic OH excluding ortho intramolecular Hbond substituents is 1. The van der Waals surface area contributed by atoms with Gasteiger partial charge in [-0.05, 0) is 25.7 Å². The highest BCUT2D eigenvalue weighted by Gasteiger charge is 2.21. The van der Waals surface area contributed by atoms with Crippen LogP contribution in [0, 0.1) is 13.8 Å². The molecule has 4 aromatic rings. The normalized spacial score (nSPS) is 12.0. The maximum atomic E-state index is 11.1. The maximum absolute atomic E-state index is 11.1. The molecular formula is C18H19N13OS4. The molecule has 14 nitrogen and oxygen atoms in total. The zero-order valence-electron chi connectivity index (χ0n) is 19.7. The molecule has 1 aromatic carbocycles. The number of aromatic nitrogens is 6. The second-order valence-electron chi connectivity index (χ2n) is 6.99. The van der Waals surface area contributed by atoms with Crippen LogP contribution in [0.15, 0.2) is 41.1 Å². The summed E-state index contributed by atoms with van der Waals surface area (Å²) >= 11 is 5.07. The number of azo groups is 3. The molecule has 18 heteroatoms. The van der Waals surface area contributed by atoms with Gasteiger partial charge < -0.3 is 10.0 Å². The van der Waals surface area contributed by atoms with Gasteiger partial charge in [-0.15, -0.1) is 40.9 Å². The molecule has 3 heterocycles. The van der Waals surface area contributed by atoms with Gasteiger partial charge in [0.15, 0.2) is 15.8 Å². The van der Waals surface area contributed by atoms with Crippen molar-refractivity contribution in [2.24, 2.45) is 30.7 Å². The molecule has 0 amide bonds. The molecule has 0 spiro atoms. The van der Waals surface area contributed by atoms with Crippen molar-refractivity contribution < 1.29 is 5.11 Å². The lowest BCUT2D eigenvalue weighted by atomic mass is 10.1. The first-order valence-corrected chi connectivity index (χ1v) is 13.6. The molecule has 1 N–H and O–H groups in total. The SMILES string of the molecule is CCSc1nnc(/N=N/c2cc(/N=N/c3nc(C)ns3)c(N(C)C)c(/N=N/c3nc(C)ns3)c2O)s1. The summed E-state index contributed by atoms with van der Waals surface area (Å²) in [7, 11) is 3.57. The number of phenols is 1. The molecule has 3 aromatic heterocycles. The third kappa shape index (κ3) is 6.25. The van der Waals surface area contributed by atoms with Crippen LogP contribution in [0.2, 0.25) is 0 Å². The first kappa shape index (κ1) is 25.7. The first-order valence-electron chi connectivity index (χ1n) is 10.2. The zero-order valence-corrected chi connectivity index (χ0v) is 22.9. The molecule has 0 fully saturated rings. The molecule has 0 unspecified atom stereocenters. The number of nitrogens with zero attached hydrogens (tertiary/aromatic N) is 13. The van der Waals surface area contributed by atoms with Crippen LogP contribution in [-0.2, 0) is 0 Å². The smallest absolute Gasteiger partial charge is 0.252 e. The Balaban J connectivity index is 1.80. The molecule has 186 valence electrons. The maximum Gasteiger partial charge on any atom is 0.252 e. The number of aryl methyl sites for hydroxylation is 2. The van der Waals surface area contributed by atoms with Crippen LogP contribution in [0.4, 0.5) is 38.1 Å². The fourth-order valence-corrected chi connectivity index (χ4v) is 5.24. The largest absolute Gasteiger partial charge is 0.504 e. The van der Waals surface area contributed by atoms with E-state index in [9.17, 15) is 5.11 Å². The van der Waals surface area contributed by atoms with Crippen LogP contribution in [0.25, 0.3) is 0 Å². The van der Waals surface area contributed by atoms with Crippen molar-refractivity contribution in [2.45, 2.75) is 25.1 Å². The molecule has 0 radical (unpaired) electrons. The second-order valence-corrected chi connectivity index (χ2v) is 10.9. The molecule has 0 atom stereocenters. The lowest BCUT2D eigenvalue weighted by Crippen LogP contribution is -2.09. The van der Waals surface area contributed by atoms with Crippen LogP contribution in [-0.4, -0.2) is 53.9 Å². The Bertz CT molecular complexity index is 1440. The summed E-state index contributed by atoms with van der Waals surface area (Å²) in [4.78, 5) is 10.1. The minimum atomic E-state index is -0.245. The van der Waals surface area contributed by atoms with Crippen molar-refractivity contribution in [3.05, 3.63) is 17.7 Å². The van der Waals surface area contributed by atoms with Gasteiger partial charge in [0.1, 0.15) is 23.0 Å². The lowest BCUT2D eigenvalue weighted by Gasteiger charge is -2.18. The first-order chi connectivity index (χ1) is 17.3. The highest BCUT2D eigenvalue weighted by molar-refractivity contribution is 8.01. The van der Waals surface area contributed by atoms with Gasteiger partial charge in [0.05, 0.1) is 5.69 Å². The van der Waals surface area contributed by atoms with Gasteiger partial charge in [0, 0.05) is 37.2 Å². The van der Waals surface area contributed by atoms with Gasteiger partial charge in [-0.1, -0.05) is 30.0 Å². The van der Waals surface area contributed by atoms with E-state index in [1.807, 2.05) is 6.92 Å². The summed E-state index contributed by atoms with van der Waals surface area (Å²) < 4.78 is 8.99. The number of hydrogen-bond acceptors (Lipinski definition) is 18. The molecular weight excluding hydrogens is 543 g/mol. The van der Waals surface area contributed by atoms with Crippen LogP contribution in [0.5, 0.6) is 5.75 Å². The second kappa shape index (κ2) is 11.6. The number of anilines is 1. The molecule has 0 aliphatic rings. The predicted molar refractivity (Wildman–Crippen MR) is 141 cm³/mol. The quantitative estimate of drug-likeness (QED) is 0.167. The van der Waals surface area contributed by atoms with Crippen molar-refractivity contribution in [3.8, 4) is 5.75 Å². The van der Waals surface area contributed by atoms with Gasteiger partial charge in [-0.2, -0.15) is 8.75 Å². The van der Waals surface area contributed by atoms with Gasteiger partial charge in [0.25, 0.3) is 5.13 Å². The van der Waals surface area contributed by atoms with Gasteiger partial charge in [-0.25, -0.2) is 9.97 Å². The van der Waals surface area contributed by atoms with E-state index in [-0.39, 0.29) is 17.1 Å². The summed E-state index contributed by atoms with van der Waals surface area (Å²) in [6.45, 7) is 5.55. The van der Waals surface area contributed by atoms with Crippen molar-refractivity contribution in [3.63, 3.8) is 0 Å². The van der Waals surface area contributed by atoms with Crippen molar-refractivity contribution in [1.82, 2.24) is 28.9 Å². The fraction of sp³-hybridized carbons (Fsp3) is 0.333. The minimum Gasteiger partial charge on any atom is -0.504 e. The summed E-state index contributed by atoms with van der Waals surface area (Å²) in [6, 6.07) is 1.54. The third-order valence-electron chi connectivity index (χ3n) is 4.07. The number of benzene rings is 1. The van der Waals surface area contributed by atoms with Gasteiger partial charge >= 0.3 is 0 Å². The molecule has 0 aliphatic carbocycles. The third-order valence-corrected chi connectivity index (χ3v) is 7.28. The highest BCUT2D eigenvalue weighted by Crippen LogP contribution is 2.50. The Hall–Kier alpha value is -3.35. The minimum absolute atomic E-state index is 0.102. The van der Waals surface area contributed by atoms with E-state index in [1.54, 1.807) is 50.7 Å². The summed E-state index contributed by atoms with van der Waals surface area (Å²) in [5.74, 6) is 1.80. The number of rotatable bonds is 9.